The normalized spacial score (nSPS) is 24.9. The van der Waals surface area contributed by atoms with Crippen LogP contribution in [0.4, 0.5) is 10.5 Å². The lowest BCUT2D eigenvalue weighted by molar-refractivity contribution is -0.253. The summed E-state index contributed by atoms with van der Waals surface area (Å²) in [6, 6.07) is 23.2. The van der Waals surface area contributed by atoms with E-state index < -0.39 is 30.2 Å². The van der Waals surface area contributed by atoms with Crippen molar-refractivity contribution in [2.45, 2.75) is 69.5 Å². The smallest absolute Gasteiger partial charge is 0.408 e. The zero-order valence-corrected chi connectivity index (χ0v) is 26.5. The van der Waals surface area contributed by atoms with Crippen LogP contribution in [-0.2, 0) is 41.8 Å². The highest BCUT2D eigenvalue weighted by Crippen LogP contribution is 2.40. The van der Waals surface area contributed by atoms with Crippen molar-refractivity contribution >= 4 is 23.6 Å². The van der Waals surface area contributed by atoms with Crippen molar-refractivity contribution in [1.29, 1.82) is 0 Å². The lowest BCUT2D eigenvalue weighted by atomic mass is 9.99. The number of alkyl carbamates (subject to hydrolysis) is 1. The van der Waals surface area contributed by atoms with Crippen molar-refractivity contribution in [2.75, 3.05) is 31.7 Å². The number of hydrogen-bond acceptors (Lipinski definition) is 9. The highest BCUT2D eigenvalue weighted by atomic mass is 16.7. The summed E-state index contributed by atoms with van der Waals surface area (Å²) >= 11 is 0. The van der Waals surface area contributed by atoms with Gasteiger partial charge in [0.05, 0.1) is 37.5 Å². The Bertz CT molecular complexity index is 1530. The molecule has 5 atom stereocenters. The molecule has 3 aromatic rings. The number of rotatable bonds is 11. The van der Waals surface area contributed by atoms with Gasteiger partial charge in [-0.3, -0.25) is 14.5 Å². The van der Waals surface area contributed by atoms with Crippen LogP contribution in [0.5, 0.6) is 0 Å². The molecule has 0 bridgehead atoms. The summed E-state index contributed by atoms with van der Waals surface area (Å²) in [5, 5.41) is 12.1. The van der Waals surface area contributed by atoms with E-state index in [-0.39, 0.29) is 31.8 Å². The van der Waals surface area contributed by atoms with Crippen LogP contribution >= 0.6 is 0 Å². The van der Waals surface area contributed by atoms with Gasteiger partial charge in [-0.15, -0.1) is 0 Å². The molecule has 47 heavy (non-hydrogen) atoms. The molecule has 248 valence electrons. The molecule has 11 heteroatoms. The van der Waals surface area contributed by atoms with Gasteiger partial charge in [0.2, 0.25) is 5.91 Å². The third-order valence-electron chi connectivity index (χ3n) is 8.96. The second-order valence-electron chi connectivity index (χ2n) is 12.2. The zero-order valence-electron chi connectivity index (χ0n) is 26.5. The summed E-state index contributed by atoms with van der Waals surface area (Å²) in [5.41, 5.74) is 3.64. The summed E-state index contributed by atoms with van der Waals surface area (Å²) in [6.45, 7) is 2.36. The molecule has 3 aromatic carbocycles. The summed E-state index contributed by atoms with van der Waals surface area (Å²) in [5.74, 6) is -0.962. The summed E-state index contributed by atoms with van der Waals surface area (Å²) in [7, 11) is 1.72. The molecule has 0 radical (unpaired) electrons. The number of amides is 3. The van der Waals surface area contributed by atoms with Crippen LogP contribution in [0.2, 0.25) is 0 Å². The van der Waals surface area contributed by atoms with E-state index in [1.165, 1.54) is 0 Å². The number of methoxy groups -OCH3 is 1. The number of carbonyl (C=O) groups is 3. The summed E-state index contributed by atoms with van der Waals surface area (Å²) in [4.78, 5) is 42.4. The van der Waals surface area contributed by atoms with E-state index >= 15 is 0 Å². The number of benzene rings is 3. The molecule has 11 nitrogen and oxygen atoms in total. The van der Waals surface area contributed by atoms with Crippen LogP contribution in [0.1, 0.15) is 60.3 Å². The molecular weight excluding hydrogens is 602 g/mol. The molecule has 6 rings (SSSR count). The Kier molecular flexibility index (Phi) is 10.6. The summed E-state index contributed by atoms with van der Waals surface area (Å²) < 4.78 is 23.8. The monoisotopic (exact) mass is 643 g/mol. The van der Waals surface area contributed by atoms with Crippen LogP contribution in [0.15, 0.2) is 78.9 Å². The molecule has 0 aromatic heterocycles. The van der Waals surface area contributed by atoms with Gasteiger partial charge in [-0.2, -0.15) is 0 Å². The van der Waals surface area contributed by atoms with Gasteiger partial charge in [-0.1, -0.05) is 66.7 Å². The van der Waals surface area contributed by atoms with Crippen LogP contribution in [0.3, 0.4) is 0 Å². The summed E-state index contributed by atoms with van der Waals surface area (Å²) in [6.07, 6.45) is 0.699. The SMILES string of the molecule is COC[C@@H]1CCCN1C[C@@H]1C[C@H](c2ccc(CO)cc2)O[C@H](c2cccc(N3C(=O)CC(NC(=O)OCc4ccccc4)C3=O)c2)O1. The average molecular weight is 644 g/mol. The Hall–Kier alpha value is -4.13. The fourth-order valence-corrected chi connectivity index (χ4v) is 6.54. The molecule has 0 saturated carbocycles. The standard InChI is InChI=1S/C36H41N3O8/c1-44-23-29-11-6-16-38(29)20-30-18-32(26-14-12-24(21-40)13-15-26)47-35(46-30)27-9-5-10-28(17-27)39-33(41)19-31(34(39)42)37-36(43)45-22-25-7-3-2-4-8-25/h2-5,7-10,12-15,17,29-32,35,40H,6,11,16,18-23H2,1H3,(H,37,43)/t29-,30-,31?,32+,35+/m0/s1. The van der Waals surface area contributed by atoms with Gasteiger partial charge in [-0.25, -0.2) is 9.69 Å². The fraction of sp³-hybridized carbons (Fsp3) is 0.417. The molecule has 3 aliphatic heterocycles. The molecule has 3 aliphatic rings. The quantitative estimate of drug-likeness (QED) is 0.293. The Morgan fingerprint density at radius 3 is 2.55 bits per heavy atom. The third-order valence-corrected chi connectivity index (χ3v) is 8.96. The first-order valence-corrected chi connectivity index (χ1v) is 16.1. The van der Waals surface area contributed by atoms with Crippen LogP contribution < -0.4 is 10.2 Å². The molecule has 3 saturated heterocycles. The number of likely N-dealkylation sites (tertiary alicyclic amines) is 1. The number of hydrogen-bond donors (Lipinski definition) is 2. The maximum Gasteiger partial charge on any atom is 0.408 e. The highest BCUT2D eigenvalue weighted by Gasteiger charge is 2.41. The van der Waals surface area contributed by atoms with Crippen molar-refractivity contribution in [1.82, 2.24) is 10.2 Å². The third kappa shape index (κ3) is 7.89. The molecule has 3 fully saturated rings. The van der Waals surface area contributed by atoms with Crippen molar-refractivity contribution in [3.8, 4) is 0 Å². The minimum atomic E-state index is -1.03. The molecule has 3 amide bonds. The highest BCUT2D eigenvalue weighted by molar-refractivity contribution is 6.22. The van der Waals surface area contributed by atoms with E-state index in [2.05, 4.69) is 10.2 Å². The molecule has 0 spiro atoms. The van der Waals surface area contributed by atoms with Crippen molar-refractivity contribution in [2.24, 2.45) is 0 Å². The maximum atomic E-state index is 13.4. The van der Waals surface area contributed by atoms with E-state index in [0.717, 1.165) is 47.5 Å². The lowest BCUT2D eigenvalue weighted by Crippen LogP contribution is -2.42. The van der Waals surface area contributed by atoms with Gasteiger partial charge in [0.1, 0.15) is 12.6 Å². The maximum absolute atomic E-state index is 13.4. The van der Waals surface area contributed by atoms with E-state index in [4.69, 9.17) is 18.9 Å². The zero-order chi connectivity index (χ0) is 32.8. The average Bonchev–Trinajstić information content (AvgIpc) is 3.65. The predicted octanol–water partition coefficient (Wildman–Crippen LogP) is 4.39. The lowest BCUT2D eigenvalue weighted by Gasteiger charge is -2.39. The number of carbonyl (C=O) groups excluding carboxylic acids is 3. The van der Waals surface area contributed by atoms with Crippen molar-refractivity contribution in [3.63, 3.8) is 0 Å². The van der Waals surface area contributed by atoms with Crippen molar-refractivity contribution < 1.29 is 38.4 Å². The van der Waals surface area contributed by atoms with E-state index in [1.807, 2.05) is 60.7 Å². The number of aliphatic hydroxyl groups is 1. The second kappa shape index (κ2) is 15.2. The molecule has 3 heterocycles. The Balaban J connectivity index is 1.17. The number of nitrogens with zero attached hydrogens (tertiary/aromatic N) is 2. The minimum absolute atomic E-state index is 0.0397. The Labute approximate surface area is 274 Å². The van der Waals surface area contributed by atoms with Gasteiger partial charge in [0.15, 0.2) is 6.29 Å². The Morgan fingerprint density at radius 1 is 0.979 bits per heavy atom. The van der Waals surface area contributed by atoms with Gasteiger partial charge in [0, 0.05) is 31.7 Å². The number of nitrogens with one attached hydrogen (secondary N) is 1. The minimum Gasteiger partial charge on any atom is -0.445 e. The second-order valence-corrected chi connectivity index (χ2v) is 12.2. The van der Waals surface area contributed by atoms with E-state index in [1.54, 1.807) is 25.3 Å². The van der Waals surface area contributed by atoms with Gasteiger partial charge in [0.25, 0.3) is 5.91 Å². The number of aliphatic hydroxyl groups excluding tert-OH is 1. The van der Waals surface area contributed by atoms with Crippen LogP contribution in [-0.4, -0.2) is 72.9 Å². The molecule has 2 N–H and O–H groups in total. The topological polar surface area (TPSA) is 127 Å². The van der Waals surface area contributed by atoms with Gasteiger partial charge < -0.3 is 29.4 Å². The number of imide groups is 1. The molecule has 0 aliphatic carbocycles. The van der Waals surface area contributed by atoms with Gasteiger partial charge in [-0.05, 0) is 48.2 Å². The van der Waals surface area contributed by atoms with Crippen molar-refractivity contribution in [3.05, 3.63) is 101 Å². The largest absolute Gasteiger partial charge is 0.445 e. The van der Waals surface area contributed by atoms with E-state index in [0.29, 0.717) is 30.3 Å². The number of anilines is 1. The predicted molar refractivity (Wildman–Crippen MR) is 172 cm³/mol. The molecule has 1 unspecified atom stereocenters. The Morgan fingerprint density at radius 2 is 1.79 bits per heavy atom. The number of ether oxygens (including phenoxy) is 4. The van der Waals surface area contributed by atoms with Crippen LogP contribution in [0, 0.1) is 0 Å². The first-order valence-electron chi connectivity index (χ1n) is 16.1. The molecular formula is C36H41N3O8. The van der Waals surface area contributed by atoms with Crippen LogP contribution in [0.25, 0.3) is 0 Å². The first kappa shape index (κ1) is 32.8. The fourth-order valence-electron chi connectivity index (χ4n) is 6.54. The van der Waals surface area contributed by atoms with E-state index in [9.17, 15) is 19.5 Å². The van der Waals surface area contributed by atoms with Gasteiger partial charge >= 0.3 is 6.09 Å². The first-order chi connectivity index (χ1) is 22.9.